The van der Waals surface area contributed by atoms with Gasteiger partial charge in [-0.3, -0.25) is 4.79 Å². The van der Waals surface area contributed by atoms with Crippen molar-refractivity contribution in [1.82, 2.24) is 10.3 Å². The molecular weight excluding hydrogens is 354 g/mol. The highest BCUT2D eigenvalue weighted by Crippen LogP contribution is 2.20. The molecule has 146 valence electrons. The lowest BCUT2D eigenvalue weighted by Crippen LogP contribution is -2.47. The van der Waals surface area contributed by atoms with Crippen molar-refractivity contribution in [2.45, 2.75) is 38.8 Å². The average molecular weight is 379 g/mol. The van der Waals surface area contributed by atoms with Crippen LogP contribution in [0.2, 0.25) is 0 Å². The van der Waals surface area contributed by atoms with Crippen LogP contribution in [0, 0.1) is 0 Å². The molecule has 3 N–H and O–H groups in total. The molecule has 6 nitrogen and oxygen atoms in total. The Labute approximate surface area is 164 Å². The summed E-state index contributed by atoms with van der Waals surface area (Å²) in [5.74, 6) is -0.303. The molecule has 1 atom stereocenters. The molecule has 0 fully saturated rings. The van der Waals surface area contributed by atoms with Crippen molar-refractivity contribution < 1.29 is 14.3 Å². The molecule has 28 heavy (non-hydrogen) atoms. The molecule has 0 spiro atoms. The molecule has 0 unspecified atom stereocenters. The van der Waals surface area contributed by atoms with E-state index in [0.29, 0.717) is 12.1 Å². The quantitative estimate of drug-likeness (QED) is 0.620. The summed E-state index contributed by atoms with van der Waals surface area (Å²) >= 11 is 0. The van der Waals surface area contributed by atoms with Gasteiger partial charge in [-0.15, -0.1) is 0 Å². The summed E-state index contributed by atoms with van der Waals surface area (Å²) in [7, 11) is 0. The molecule has 3 aromatic rings. The first-order valence-electron chi connectivity index (χ1n) is 9.22. The Morgan fingerprint density at radius 1 is 1.04 bits per heavy atom. The SMILES string of the molecule is CC(C)(C)OC(=O)N[C@H](Cc1c[nH]c2ccccc12)C(=O)Nc1ccccc1. The third kappa shape index (κ3) is 5.13. The van der Waals surface area contributed by atoms with Crippen molar-refractivity contribution in [3.8, 4) is 0 Å². The number of benzene rings is 2. The Balaban J connectivity index is 1.81. The number of nitrogens with one attached hydrogen (secondary N) is 3. The standard InChI is InChI=1S/C22H25N3O3/c1-22(2,3)28-21(27)25-19(20(26)24-16-9-5-4-6-10-16)13-15-14-23-18-12-8-7-11-17(15)18/h4-12,14,19,23H,13H2,1-3H3,(H,24,26)(H,25,27)/t19-/m1/s1. The molecule has 0 saturated carbocycles. The number of ether oxygens (including phenoxy) is 1. The number of carbonyl (C=O) groups is 2. The molecule has 1 heterocycles. The number of aromatic nitrogens is 1. The molecule has 0 saturated heterocycles. The Morgan fingerprint density at radius 2 is 1.71 bits per heavy atom. The molecule has 6 heteroatoms. The minimum atomic E-state index is -0.783. The smallest absolute Gasteiger partial charge is 0.408 e. The number of H-pyrrole nitrogens is 1. The van der Waals surface area contributed by atoms with E-state index in [-0.39, 0.29) is 5.91 Å². The summed E-state index contributed by atoms with van der Waals surface area (Å²) < 4.78 is 5.34. The van der Waals surface area contributed by atoms with Crippen LogP contribution in [-0.2, 0) is 16.0 Å². The molecule has 2 aromatic carbocycles. The number of hydrogen-bond acceptors (Lipinski definition) is 3. The Kier molecular flexibility index (Phi) is 5.68. The largest absolute Gasteiger partial charge is 0.444 e. The summed E-state index contributed by atoms with van der Waals surface area (Å²) in [6.45, 7) is 5.35. The number of aromatic amines is 1. The van der Waals surface area contributed by atoms with Gasteiger partial charge < -0.3 is 20.4 Å². The van der Waals surface area contributed by atoms with Gasteiger partial charge in [0, 0.05) is 29.2 Å². The highest BCUT2D eigenvalue weighted by Gasteiger charge is 2.25. The van der Waals surface area contributed by atoms with E-state index in [2.05, 4.69) is 15.6 Å². The molecule has 1 aromatic heterocycles. The van der Waals surface area contributed by atoms with Crippen molar-refractivity contribution in [3.63, 3.8) is 0 Å². The molecule has 0 aliphatic heterocycles. The van der Waals surface area contributed by atoms with Gasteiger partial charge in [0.25, 0.3) is 0 Å². The van der Waals surface area contributed by atoms with E-state index < -0.39 is 17.7 Å². The van der Waals surface area contributed by atoms with Crippen LogP contribution in [0.4, 0.5) is 10.5 Å². The summed E-state index contributed by atoms with van der Waals surface area (Å²) in [6, 6.07) is 16.2. The van der Waals surface area contributed by atoms with Crippen LogP contribution in [0.3, 0.4) is 0 Å². The predicted molar refractivity (Wildman–Crippen MR) is 110 cm³/mol. The zero-order valence-electron chi connectivity index (χ0n) is 16.3. The third-order valence-electron chi connectivity index (χ3n) is 4.15. The van der Waals surface area contributed by atoms with E-state index in [1.165, 1.54) is 0 Å². The molecular formula is C22H25N3O3. The van der Waals surface area contributed by atoms with Crippen LogP contribution in [0.25, 0.3) is 10.9 Å². The minimum Gasteiger partial charge on any atom is -0.444 e. The van der Waals surface area contributed by atoms with Gasteiger partial charge in [0.2, 0.25) is 5.91 Å². The summed E-state index contributed by atoms with van der Waals surface area (Å²) in [6.07, 6.45) is 1.58. The topological polar surface area (TPSA) is 83.2 Å². The number of rotatable bonds is 5. The van der Waals surface area contributed by atoms with Crippen LogP contribution in [0.1, 0.15) is 26.3 Å². The maximum absolute atomic E-state index is 12.9. The summed E-state index contributed by atoms with van der Waals surface area (Å²) in [5, 5.41) is 6.58. The minimum absolute atomic E-state index is 0.303. The van der Waals surface area contributed by atoms with Crippen LogP contribution >= 0.6 is 0 Å². The third-order valence-corrected chi connectivity index (χ3v) is 4.15. The van der Waals surface area contributed by atoms with Crippen molar-refractivity contribution in [3.05, 3.63) is 66.4 Å². The fourth-order valence-corrected chi connectivity index (χ4v) is 2.93. The number of hydrogen-bond donors (Lipinski definition) is 3. The predicted octanol–water partition coefficient (Wildman–Crippen LogP) is 4.24. The lowest BCUT2D eigenvalue weighted by atomic mass is 10.0. The van der Waals surface area contributed by atoms with E-state index in [0.717, 1.165) is 16.5 Å². The monoisotopic (exact) mass is 379 g/mol. The first-order chi connectivity index (χ1) is 13.3. The van der Waals surface area contributed by atoms with Crippen molar-refractivity contribution >= 4 is 28.6 Å². The van der Waals surface area contributed by atoms with Crippen molar-refractivity contribution in [2.75, 3.05) is 5.32 Å². The number of amides is 2. The second-order valence-electron chi connectivity index (χ2n) is 7.62. The van der Waals surface area contributed by atoms with Gasteiger partial charge in [0.1, 0.15) is 11.6 Å². The molecule has 0 aliphatic carbocycles. The maximum atomic E-state index is 12.9. The van der Waals surface area contributed by atoms with Gasteiger partial charge in [-0.1, -0.05) is 36.4 Å². The van der Waals surface area contributed by atoms with E-state index in [4.69, 9.17) is 4.74 Å². The van der Waals surface area contributed by atoms with Gasteiger partial charge in [-0.05, 0) is 44.5 Å². The number of para-hydroxylation sites is 2. The maximum Gasteiger partial charge on any atom is 0.408 e. The van der Waals surface area contributed by atoms with E-state index >= 15 is 0 Å². The molecule has 0 radical (unpaired) electrons. The molecule has 2 amide bonds. The first-order valence-corrected chi connectivity index (χ1v) is 9.22. The van der Waals surface area contributed by atoms with Crippen molar-refractivity contribution in [2.24, 2.45) is 0 Å². The lowest BCUT2D eigenvalue weighted by Gasteiger charge is -2.23. The Morgan fingerprint density at radius 3 is 2.43 bits per heavy atom. The van der Waals surface area contributed by atoms with Gasteiger partial charge in [0.15, 0.2) is 0 Å². The first kappa shape index (κ1) is 19.5. The normalized spacial score (nSPS) is 12.4. The zero-order valence-corrected chi connectivity index (χ0v) is 16.3. The van der Waals surface area contributed by atoms with Crippen LogP contribution in [0.5, 0.6) is 0 Å². The lowest BCUT2D eigenvalue weighted by molar-refractivity contribution is -0.118. The van der Waals surface area contributed by atoms with Gasteiger partial charge in [0.05, 0.1) is 0 Å². The van der Waals surface area contributed by atoms with Gasteiger partial charge >= 0.3 is 6.09 Å². The number of carbonyl (C=O) groups excluding carboxylic acids is 2. The van der Waals surface area contributed by atoms with E-state index in [9.17, 15) is 9.59 Å². The molecule has 3 rings (SSSR count). The second kappa shape index (κ2) is 8.17. The fourth-order valence-electron chi connectivity index (χ4n) is 2.93. The fraction of sp³-hybridized carbons (Fsp3) is 0.273. The Bertz CT molecular complexity index is 958. The van der Waals surface area contributed by atoms with Crippen LogP contribution in [-0.4, -0.2) is 28.6 Å². The highest BCUT2D eigenvalue weighted by molar-refractivity contribution is 5.97. The van der Waals surface area contributed by atoms with Crippen LogP contribution < -0.4 is 10.6 Å². The number of alkyl carbamates (subject to hydrolysis) is 1. The van der Waals surface area contributed by atoms with Gasteiger partial charge in [-0.2, -0.15) is 0 Å². The molecule has 0 aliphatic rings. The second-order valence-corrected chi connectivity index (χ2v) is 7.62. The van der Waals surface area contributed by atoms with Gasteiger partial charge in [-0.25, -0.2) is 4.79 Å². The average Bonchev–Trinajstić information content (AvgIpc) is 3.03. The number of fused-ring (bicyclic) bond motifs is 1. The van der Waals surface area contributed by atoms with E-state index in [1.807, 2.05) is 48.7 Å². The highest BCUT2D eigenvalue weighted by atomic mass is 16.6. The summed E-state index contributed by atoms with van der Waals surface area (Å²) in [5.41, 5.74) is 1.95. The molecule has 0 bridgehead atoms. The van der Waals surface area contributed by atoms with E-state index in [1.54, 1.807) is 32.9 Å². The zero-order chi connectivity index (χ0) is 20.1. The van der Waals surface area contributed by atoms with Crippen LogP contribution in [0.15, 0.2) is 60.8 Å². The Hall–Kier alpha value is -3.28. The van der Waals surface area contributed by atoms with Crippen molar-refractivity contribution in [1.29, 1.82) is 0 Å². The summed E-state index contributed by atoms with van der Waals surface area (Å²) in [4.78, 5) is 28.4. The number of anilines is 1.